The summed E-state index contributed by atoms with van der Waals surface area (Å²) in [5.41, 5.74) is 2.65. The molecule has 0 bridgehead atoms. The van der Waals surface area contributed by atoms with E-state index in [0.717, 1.165) is 0 Å². The van der Waals surface area contributed by atoms with Crippen molar-refractivity contribution in [2.24, 2.45) is 0 Å². The van der Waals surface area contributed by atoms with Crippen molar-refractivity contribution in [1.82, 2.24) is 15.0 Å². The summed E-state index contributed by atoms with van der Waals surface area (Å²) >= 11 is 1.48. The third kappa shape index (κ3) is 2.99. The first kappa shape index (κ1) is 6.95. The van der Waals surface area contributed by atoms with Crippen LogP contribution in [0.4, 0.5) is 0 Å². The first-order valence-electron chi connectivity index (χ1n) is 2.68. The Morgan fingerprint density at radius 1 is 1.40 bits per heavy atom. The fourth-order valence-corrected chi connectivity index (χ4v) is 0.672. The largest absolute Gasteiger partial charge is 0.351 e. The predicted octanol–water partition coefficient (Wildman–Crippen LogP) is 1.35. The molecule has 1 radical (unpaired) electrons. The number of aromatic amines is 1. The molecule has 0 aromatic carbocycles. The van der Waals surface area contributed by atoms with Gasteiger partial charge in [-0.15, -0.1) is 11.3 Å². The van der Waals surface area contributed by atoms with Crippen LogP contribution in [0.3, 0.4) is 0 Å². The van der Waals surface area contributed by atoms with E-state index in [1.807, 2.05) is 5.38 Å². The van der Waals surface area contributed by atoms with Crippen molar-refractivity contribution in [1.29, 1.82) is 0 Å². The number of imidazole rings is 1. The molecule has 0 aliphatic heterocycles. The monoisotopic (exact) mass is 152 g/mol. The molecule has 0 saturated carbocycles. The second-order valence-corrected chi connectivity index (χ2v) is 2.07. The van der Waals surface area contributed by atoms with E-state index in [1.54, 1.807) is 24.9 Å². The number of thiazole rings is 1. The normalized spacial score (nSPS) is 8.00. The van der Waals surface area contributed by atoms with Gasteiger partial charge in [-0.3, -0.25) is 0 Å². The maximum absolute atomic E-state index is 3.67. The van der Waals surface area contributed by atoms with E-state index in [2.05, 4.69) is 20.5 Å². The third-order valence-electron chi connectivity index (χ3n) is 0.715. The van der Waals surface area contributed by atoms with Crippen LogP contribution in [0.5, 0.6) is 0 Å². The standard InChI is InChI=1S/C3H4N2.C3H2NS/c2*1-2-5-3-4-1/h1-3H,(H,4,5);1-2H. The third-order valence-corrected chi connectivity index (χ3v) is 1.18. The maximum Gasteiger partial charge on any atom is 0.152 e. The van der Waals surface area contributed by atoms with Gasteiger partial charge in [0.25, 0.3) is 0 Å². The van der Waals surface area contributed by atoms with Gasteiger partial charge in [0, 0.05) is 24.0 Å². The Morgan fingerprint density at radius 3 is 2.60 bits per heavy atom. The van der Waals surface area contributed by atoms with Crippen molar-refractivity contribution < 1.29 is 0 Å². The van der Waals surface area contributed by atoms with Crippen molar-refractivity contribution >= 4 is 11.3 Å². The van der Waals surface area contributed by atoms with Crippen LogP contribution in [0.2, 0.25) is 0 Å². The highest BCUT2D eigenvalue weighted by molar-refractivity contribution is 7.06. The summed E-state index contributed by atoms with van der Waals surface area (Å²) in [6.45, 7) is 0. The summed E-state index contributed by atoms with van der Waals surface area (Å²) in [7, 11) is 0. The van der Waals surface area contributed by atoms with Crippen LogP contribution >= 0.6 is 11.3 Å². The molecule has 0 aliphatic carbocycles. The van der Waals surface area contributed by atoms with Crippen LogP contribution in [-0.2, 0) is 0 Å². The van der Waals surface area contributed by atoms with E-state index in [4.69, 9.17) is 0 Å². The lowest BCUT2D eigenvalue weighted by molar-refractivity contribution is 1.31. The molecular formula is C6H6N3S. The Labute approximate surface area is 62.8 Å². The summed E-state index contributed by atoms with van der Waals surface area (Å²) in [5, 5.41) is 1.88. The highest BCUT2D eigenvalue weighted by Crippen LogP contribution is 1.84. The zero-order chi connectivity index (χ0) is 7.07. The molecule has 0 spiro atoms. The number of rotatable bonds is 0. The van der Waals surface area contributed by atoms with Crippen LogP contribution in [0.15, 0.2) is 30.3 Å². The van der Waals surface area contributed by atoms with Gasteiger partial charge in [-0.2, -0.15) is 0 Å². The van der Waals surface area contributed by atoms with E-state index < -0.39 is 0 Å². The van der Waals surface area contributed by atoms with Gasteiger partial charge in [-0.1, -0.05) is 0 Å². The van der Waals surface area contributed by atoms with Gasteiger partial charge in [-0.25, -0.2) is 9.97 Å². The summed E-state index contributed by atoms with van der Waals surface area (Å²) in [6, 6.07) is 0. The molecular weight excluding hydrogens is 146 g/mol. The molecule has 0 amide bonds. The van der Waals surface area contributed by atoms with Gasteiger partial charge in [-0.05, 0) is 0 Å². The van der Waals surface area contributed by atoms with E-state index in [1.165, 1.54) is 11.3 Å². The van der Waals surface area contributed by atoms with Crippen molar-refractivity contribution in [2.45, 2.75) is 0 Å². The molecule has 2 aromatic rings. The Kier molecular flexibility index (Phi) is 3.26. The van der Waals surface area contributed by atoms with E-state index >= 15 is 0 Å². The molecule has 3 nitrogen and oxygen atoms in total. The Balaban J connectivity index is 0.0000001000. The first-order valence-corrected chi connectivity index (χ1v) is 3.56. The molecule has 0 aliphatic rings. The van der Waals surface area contributed by atoms with Gasteiger partial charge in [0.15, 0.2) is 5.51 Å². The summed E-state index contributed by atoms with van der Waals surface area (Å²) in [6.07, 6.45) is 6.80. The number of hydrogen-bond acceptors (Lipinski definition) is 3. The number of nitrogens with zero attached hydrogens (tertiary/aromatic N) is 2. The van der Waals surface area contributed by atoms with Crippen LogP contribution in [0, 0.1) is 5.51 Å². The molecule has 0 fully saturated rings. The minimum Gasteiger partial charge on any atom is -0.351 e. The number of hydrogen-bond donors (Lipinski definition) is 1. The summed E-state index contributed by atoms with van der Waals surface area (Å²) in [5.74, 6) is 0. The average molecular weight is 152 g/mol. The Morgan fingerprint density at radius 2 is 2.40 bits per heavy atom. The highest BCUT2D eigenvalue weighted by Gasteiger charge is 1.61. The summed E-state index contributed by atoms with van der Waals surface area (Å²) < 4.78 is 0. The molecule has 2 rings (SSSR count). The lowest BCUT2D eigenvalue weighted by Crippen LogP contribution is -1.44. The second kappa shape index (κ2) is 4.69. The van der Waals surface area contributed by atoms with Crippen LogP contribution in [0.25, 0.3) is 0 Å². The van der Waals surface area contributed by atoms with Gasteiger partial charge in [0.2, 0.25) is 0 Å². The molecule has 10 heavy (non-hydrogen) atoms. The van der Waals surface area contributed by atoms with Crippen LogP contribution in [0.1, 0.15) is 0 Å². The minimum absolute atomic E-state index is 1.48. The van der Waals surface area contributed by atoms with Crippen molar-refractivity contribution in [3.8, 4) is 0 Å². The molecule has 51 valence electrons. The van der Waals surface area contributed by atoms with Gasteiger partial charge in [0.1, 0.15) is 0 Å². The SMILES string of the molecule is [c]1nccs1.c1c[nH]cn1. The predicted molar refractivity (Wildman–Crippen MR) is 39.5 cm³/mol. The lowest BCUT2D eigenvalue weighted by Gasteiger charge is -1.46. The van der Waals surface area contributed by atoms with E-state index in [-0.39, 0.29) is 0 Å². The lowest BCUT2D eigenvalue weighted by atomic mass is 11.0. The Bertz CT molecular complexity index is 152. The molecule has 1 N–H and O–H groups in total. The first-order chi connectivity index (χ1) is 5.00. The second-order valence-electron chi connectivity index (χ2n) is 1.38. The van der Waals surface area contributed by atoms with Gasteiger partial charge >= 0.3 is 0 Å². The average Bonchev–Trinajstić information content (AvgIpc) is 2.67. The van der Waals surface area contributed by atoms with Crippen molar-refractivity contribution in [3.05, 3.63) is 35.8 Å². The molecule has 2 heterocycles. The molecule has 4 heteroatoms. The van der Waals surface area contributed by atoms with Gasteiger partial charge in [0.05, 0.1) is 6.33 Å². The number of nitrogens with one attached hydrogen (secondary N) is 1. The topological polar surface area (TPSA) is 41.6 Å². The van der Waals surface area contributed by atoms with Crippen LogP contribution < -0.4 is 0 Å². The molecule has 2 aromatic heterocycles. The zero-order valence-electron chi connectivity index (χ0n) is 5.19. The van der Waals surface area contributed by atoms with Crippen molar-refractivity contribution in [3.63, 3.8) is 0 Å². The maximum atomic E-state index is 3.67. The highest BCUT2D eigenvalue weighted by atomic mass is 32.1. The molecule has 0 atom stereocenters. The fraction of sp³-hybridized carbons (Fsp3) is 0. The Hall–Kier alpha value is -1.16. The number of aromatic nitrogens is 3. The fourth-order valence-electron chi connectivity index (χ4n) is 0.367. The number of H-pyrrole nitrogens is 1. The van der Waals surface area contributed by atoms with Crippen LogP contribution in [-0.4, -0.2) is 15.0 Å². The minimum atomic E-state index is 1.48. The quantitative estimate of drug-likeness (QED) is 0.619. The molecule has 0 saturated heterocycles. The smallest absolute Gasteiger partial charge is 0.152 e. The van der Waals surface area contributed by atoms with Gasteiger partial charge < -0.3 is 4.98 Å². The van der Waals surface area contributed by atoms with E-state index in [9.17, 15) is 0 Å². The summed E-state index contributed by atoms with van der Waals surface area (Å²) in [4.78, 5) is 10.0. The zero-order valence-corrected chi connectivity index (χ0v) is 6.01. The molecule has 0 unspecified atom stereocenters. The van der Waals surface area contributed by atoms with E-state index in [0.29, 0.717) is 0 Å². The van der Waals surface area contributed by atoms with Crippen molar-refractivity contribution in [2.75, 3.05) is 0 Å².